The van der Waals surface area contributed by atoms with Gasteiger partial charge in [0.25, 0.3) is 0 Å². The van der Waals surface area contributed by atoms with Gasteiger partial charge in [-0.25, -0.2) is 8.42 Å². The van der Waals surface area contributed by atoms with Crippen molar-refractivity contribution in [2.45, 2.75) is 17.4 Å². The Bertz CT molecular complexity index is 579. The Balaban J connectivity index is 2.38. The van der Waals surface area contributed by atoms with Crippen LogP contribution in [0.2, 0.25) is 0 Å². The van der Waals surface area contributed by atoms with Crippen LogP contribution in [0.25, 0.3) is 0 Å². The molecule has 0 radical (unpaired) electrons. The second-order valence-electron chi connectivity index (χ2n) is 4.38. The van der Waals surface area contributed by atoms with Gasteiger partial charge in [-0.3, -0.25) is 0 Å². The van der Waals surface area contributed by atoms with Gasteiger partial charge in [-0.05, 0) is 19.1 Å². The first-order valence-corrected chi connectivity index (χ1v) is 6.52. The standard InChI is InChI=1S/C11H12N2O3S/c1-11(14)7-13(8-11)17(15,16)10-5-3-2-4-9(10)6-12/h2-5,14H,7-8H2,1H3. The Morgan fingerprint density at radius 2 is 2.00 bits per heavy atom. The summed E-state index contributed by atoms with van der Waals surface area (Å²) in [6.45, 7) is 1.71. The fourth-order valence-corrected chi connectivity index (χ4v) is 3.62. The molecule has 1 heterocycles. The Morgan fingerprint density at radius 3 is 2.53 bits per heavy atom. The molecule has 6 heteroatoms. The molecule has 1 saturated heterocycles. The summed E-state index contributed by atoms with van der Waals surface area (Å²) in [5.74, 6) is 0. The SMILES string of the molecule is CC1(O)CN(S(=O)(=O)c2ccccc2C#N)C1. The molecule has 1 aliphatic heterocycles. The molecule has 0 unspecified atom stereocenters. The highest BCUT2D eigenvalue weighted by Gasteiger charge is 2.44. The van der Waals surface area contributed by atoms with Crippen LogP contribution in [0.3, 0.4) is 0 Å². The van der Waals surface area contributed by atoms with Crippen molar-refractivity contribution in [3.05, 3.63) is 29.8 Å². The van der Waals surface area contributed by atoms with Crippen LogP contribution in [-0.4, -0.2) is 36.5 Å². The normalized spacial score (nSPS) is 19.4. The Labute approximate surface area is 100.0 Å². The summed E-state index contributed by atoms with van der Waals surface area (Å²) in [6.07, 6.45) is 0. The third-order valence-corrected chi connectivity index (χ3v) is 4.51. The average molecular weight is 252 g/mol. The van der Waals surface area contributed by atoms with Gasteiger partial charge in [-0.1, -0.05) is 12.1 Å². The Hall–Kier alpha value is -1.42. The fraction of sp³-hybridized carbons (Fsp3) is 0.364. The predicted molar refractivity (Wildman–Crippen MR) is 60.5 cm³/mol. The zero-order valence-electron chi connectivity index (χ0n) is 9.29. The molecule has 0 saturated carbocycles. The van der Waals surface area contributed by atoms with Crippen molar-refractivity contribution >= 4 is 10.0 Å². The molecule has 0 amide bonds. The lowest BCUT2D eigenvalue weighted by Crippen LogP contribution is -2.61. The van der Waals surface area contributed by atoms with Crippen molar-refractivity contribution in [2.24, 2.45) is 0 Å². The minimum atomic E-state index is -3.67. The van der Waals surface area contributed by atoms with Gasteiger partial charge in [0.1, 0.15) is 6.07 Å². The monoisotopic (exact) mass is 252 g/mol. The first-order chi connectivity index (χ1) is 7.87. The molecular weight excluding hydrogens is 240 g/mol. The van der Waals surface area contributed by atoms with Crippen LogP contribution in [-0.2, 0) is 10.0 Å². The molecule has 17 heavy (non-hydrogen) atoms. The highest BCUT2D eigenvalue weighted by molar-refractivity contribution is 7.89. The van der Waals surface area contributed by atoms with Crippen molar-refractivity contribution in [2.75, 3.05) is 13.1 Å². The minimum absolute atomic E-state index is 0.00185. The zero-order valence-corrected chi connectivity index (χ0v) is 10.1. The molecule has 1 N–H and O–H groups in total. The third-order valence-electron chi connectivity index (χ3n) is 2.66. The van der Waals surface area contributed by atoms with E-state index < -0.39 is 15.6 Å². The summed E-state index contributed by atoms with van der Waals surface area (Å²) in [6, 6.07) is 7.91. The number of β-amino-alcohol motifs (C(OH)–C–C–N with tert-alkyl or cyclic N) is 1. The molecular formula is C11H12N2O3S. The molecule has 1 aromatic rings. The highest BCUT2D eigenvalue weighted by atomic mass is 32.2. The molecule has 2 rings (SSSR count). The minimum Gasteiger partial charge on any atom is -0.387 e. The summed E-state index contributed by atoms with van der Waals surface area (Å²) in [4.78, 5) is -0.00185. The average Bonchev–Trinajstić information content (AvgIpc) is 2.25. The van der Waals surface area contributed by atoms with Crippen molar-refractivity contribution in [3.63, 3.8) is 0 Å². The smallest absolute Gasteiger partial charge is 0.244 e. The summed E-state index contributed by atoms with van der Waals surface area (Å²) in [5, 5.41) is 18.4. The first kappa shape index (κ1) is 12.0. The van der Waals surface area contributed by atoms with E-state index in [0.29, 0.717) is 0 Å². The van der Waals surface area contributed by atoms with Crippen LogP contribution in [0, 0.1) is 11.3 Å². The van der Waals surface area contributed by atoms with Crippen LogP contribution in [0.1, 0.15) is 12.5 Å². The van der Waals surface area contributed by atoms with Gasteiger partial charge in [-0.2, -0.15) is 9.57 Å². The summed E-state index contributed by atoms with van der Waals surface area (Å²) in [7, 11) is -3.67. The van der Waals surface area contributed by atoms with Crippen molar-refractivity contribution in [1.29, 1.82) is 5.26 Å². The van der Waals surface area contributed by atoms with Gasteiger partial charge in [-0.15, -0.1) is 0 Å². The molecule has 0 aromatic heterocycles. The van der Waals surface area contributed by atoms with E-state index in [1.807, 2.05) is 6.07 Å². The van der Waals surface area contributed by atoms with Crippen LogP contribution in [0.4, 0.5) is 0 Å². The molecule has 1 aliphatic rings. The van der Waals surface area contributed by atoms with Crippen LogP contribution in [0.15, 0.2) is 29.2 Å². The number of nitrogens with zero attached hydrogens (tertiary/aromatic N) is 2. The maximum absolute atomic E-state index is 12.1. The van der Waals surface area contributed by atoms with Gasteiger partial charge in [0.05, 0.1) is 16.1 Å². The quantitative estimate of drug-likeness (QED) is 0.821. The maximum Gasteiger partial charge on any atom is 0.244 e. The first-order valence-electron chi connectivity index (χ1n) is 5.08. The van der Waals surface area contributed by atoms with Crippen LogP contribution < -0.4 is 0 Å². The summed E-state index contributed by atoms with van der Waals surface area (Å²) in [5.41, 5.74) is -0.840. The van der Waals surface area contributed by atoms with Gasteiger partial charge in [0, 0.05) is 13.1 Å². The topological polar surface area (TPSA) is 81.4 Å². The molecule has 5 nitrogen and oxygen atoms in total. The molecule has 1 aromatic carbocycles. The molecule has 90 valence electrons. The van der Waals surface area contributed by atoms with Crippen molar-refractivity contribution in [1.82, 2.24) is 4.31 Å². The van der Waals surface area contributed by atoms with E-state index in [1.165, 1.54) is 16.4 Å². The maximum atomic E-state index is 12.1. The summed E-state index contributed by atoms with van der Waals surface area (Å²) >= 11 is 0. The highest BCUT2D eigenvalue weighted by Crippen LogP contribution is 2.28. The van der Waals surface area contributed by atoms with Gasteiger partial charge < -0.3 is 5.11 Å². The van der Waals surface area contributed by atoms with Gasteiger partial charge in [0.15, 0.2) is 0 Å². The van der Waals surface area contributed by atoms with Crippen molar-refractivity contribution in [3.8, 4) is 6.07 Å². The largest absolute Gasteiger partial charge is 0.387 e. The molecule has 0 spiro atoms. The summed E-state index contributed by atoms with van der Waals surface area (Å²) < 4.78 is 25.5. The number of hydrogen-bond donors (Lipinski definition) is 1. The number of nitriles is 1. The van der Waals surface area contributed by atoms with E-state index >= 15 is 0 Å². The van der Waals surface area contributed by atoms with E-state index in [0.717, 1.165) is 0 Å². The zero-order chi connectivity index (χ0) is 12.7. The van der Waals surface area contributed by atoms with Crippen molar-refractivity contribution < 1.29 is 13.5 Å². The Morgan fingerprint density at radius 1 is 1.41 bits per heavy atom. The molecule has 1 fully saturated rings. The second-order valence-corrected chi connectivity index (χ2v) is 6.28. The van der Waals surface area contributed by atoms with Crippen LogP contribution >= 0.6 is 0 Å². The lowest BCUT2D eigenvalue weighted by Gasteiger charge is -2.42. The lowest BCUT2D eigenvalue weighted by molar-refractivity contribution is -0.0426. The van der Waals surface area contributed by atoms with E-state index in [4.69, 9.17) is 5.26 Å². The van der Waals surface area contributed by atoms with Crippen LogP contribution in [0.5, 0.6) is 0 Å². The number of hydrogen-bond acceptors (Lipinski definition) is 4. The number of benzene rings is 1. The predicted octanol–water partition coefficient (Wildman–Crippen LogP) is 0.314. The number of rotatable bonds is 2. The van der Waals surface area contributed by atoms with E-state index in [1.54, 1.807) is 19.1 Å². The van der Waals surface area contributed by atoms with E-state index in [9.17, 15) is 13.5 Å². The third kappa shape index (κ3) is 2.05. The van der Waals surface area contributed by atoms with Gasteiger partial charge >= 0.3 is 0 Å². The lowest BCUT2D eigenvalue weighted by atomic mass is 10.0. The molecule has 0 bridgehead atoms. The van der Waals surface area contributed by atoms with E-state index in [-0.39, 0.29) is 23.5 Å². The number of aliphatic hydroxyl groups is 1. The van der Waals surface area contributed by atoms with Gasteiger partial charge in [0.2, 0.25) is 10.0 Å². The fourth-order valence-electron chi connectivity index (χ4n) is 1.81. The Kier molecular flexibility index (Phi) is 2.70. The molecule has 0 aliphatic carbocycles. The number of sulfonamides is 1. The second kappa shape index (κ2) is 3.81. The molecule has 0 atom stereocenters. The van der Waals surface area contributed by atoms with E-state index in [2.05, 4.69) is 0 Å².